The molecule has 5 nitrogen and oxygen atoms in total. The number of aldehydes is 1. The molecule has 0 saturated carbocycles. The molecular weight excluding hydrogens is 142 g/mol. The average Bonchev–Trinajstić information content (AvgIpc) is 2.00. The summed E-state index contributed by atoms with van der Waals surface area (Å²) in [6.45, 7) is -0.688. The quantitative estimate of drug-likeness (QED) is 0.328. The first-order valence-corrected chi connectivity index (χ1v) is 2.73. The fourth-order valence-electron chi connectivity index (χ4n) is 0.416. The Bertz CT molecular complexity index is 104. The molecule has 0 heterocycles. The fourth-order valence-corrected chi connectivity index (χ4v) is 0.416. The van der Waals surface area contributed by atoms with Crippen molar-refractivity contribution in [2.75, 3.05) is 6.61 Å². The molecule has 10 heavy (non-hydrogen) atoms. The van der Waals surface area contributed by atoms with Gasteiger partial charge in [0.2, 0.25) is 0 Å². The van der Waals surface area contributed by atoms with Gasteiger partial charge in [-0.2, -0.15) is 0 Å². The largest absolute Gasteiger partial charge is 0.394 e. The molecule has 0 bridgehead atoms. The van der Waals surface area contributed by atoms with Crippen LogP contribution in [0.5, 0.6) is 0 Å². The standard InChI is InChI=1S/C5H10O5/c6-1-3(8)5(10)4(9)2-7/h1,3-5,7-10H,2H2/t3-,4+,5-/m0/s1/i1+2. The van der Waals surface area contributed by atoms with Crippen LogP contribution in [-0.2, 0) is 4.79 Å². The van der Waals surface area contributed by atoms with Gasteiger partial charge >= 0.3 is 0 Å². The summed E-state index contributed by atoms with van der Waals surface area (Å²) in [7, 11) is 0. The minimum atomic E-state index is -1.64. The van der Waals surface area contributed by atoms with Gasteiger partial charge in [-0.05, 0) is 0 Å². The summed E-state index contributed by atoms with van der Waals surface area (Å²) in [4.78, 5) is 9.76. The summed E-state index contributed by atoms with van der Waals surface area (Å²) in [6, 6.07) is 0. The Hall–Kier alpha value is -0.490. The molecule has 0 aliphatic rings. The van der Waals surface area contributed by atoms with Crippen LogP contribution in [0.3, 0.4) is 0 Å². The zero-order valence-electron chi connectivity index (χ0n) is 5.21. The van der Waals surface area contributed by atoms with Crippen molar-refractivity contribution in [2.45, 2.75) is 18.3 Å². The highest BCUT2D eigenvalue weighted by molar-refractivity contribution is 5.56. The molecule has 0 spiro atoms. The molecule has 0 unspecified atom stereocenters. The van der Waals surface area contributed by atoms with Crippen molar-refractivity contribution in [3.05, 3.63) is 0 Å². The Morgan fingerprint density at radius 2 is 1.80 bits per heavy atom. The van der Waals surface area contributed by atoms with Gasteiger partial charge < -0.3 is 25.2 Å². The van der Waals surface area contributed by atoms with Crippen molar-refractivity contribution in [1.29, 1.82) is 0 Å². The monoisotopic (exact) mass is 152 g/mol. The molecule has 0 radical (unpaired) electrons. The summed E-state index contributed by atoms with van der Waals surface area (Å²) >= 11 is 0. The summed E-state index contributed by atoms with van der Waals surface area (Å²) in [5.41, 5.74) is 0. The number of carbonyl (C=O) groups is 1. The Balaban J connectivity index is 3.80. The molecule has 60 valence electrons. The van der Waals surface area contributed by atoms with Crippen LogP contribution < -0.4 is 0 Å². The maximum Gasteiger partial charge on any atom is 0.151 e. The molecule has 0 rings (SSSR count). The zero-order valence-corrected chi connectivity index (χ0v) is 5.21. The molecule has 3 atom stereocenters. The van der Waals surface area contributed by atoms with Crippen LogP contribution in [0, 0.1) is 0 Å². The minimum Gasteiger partial charge on any atom is -0.394 e. The predicted molar refractivity (Wildman–Crippen MR) is 31.2 cm³/mol. The van der Waals surface area contributed by atoms with Crippen LogP contribution in [-0.4, -0.2) is 51.6 Å². The molecule has 0 aromatic rings. The van der Waals surface area contributed by atoms with E-state index in [2.05, 4.69) is 0 Å². The predicted octanol–water partition coefficient (Wildman–Crippen LogP) is -2.74. The highest BCUT2D eigenvalue weighted by atomic mass is 16.4. The molecule has 0 aromatic carbocycles. The van der Waals surface area contributed by atoms with Gasteiger partial charge in [-0.25, -0.2) is 0 Å². The first kappa shape index (κ1) is 9.51. The van der Waals surface area contributed by atoms with Gasteiger partial charge in [-0.1, -0.05) is 0 Å². The van der Waals surface area contributed by atoms with E-state index in [-0.39, 0.29) is 6.29 Å². The molecule has 0 aliphatic carbocycles. The lowest BCUT2D eigenvalue weighted by Gasteiger charge is -2.16. The van der Waals surface area contributed by atoms with E-state index >= 15 is 0 Å². The number of carbonyl (C=O) groups excluding carboxylic acids is 1. The van der Waals surface area contributed by atoms with E-state index in [0.717, 1.165) is 0 Å². The van der Waals surface area contributed by atoms with Gasteiger partial charge in [-0.3, -0.25) is 0 Å². The van der Waals surface area contributed by atoms with E-state index in [1.165, 1.54) is 0 Å². The van der Waals surface area contributed by atoms with E-state index in [4.69, 9.17) is 20.4 Å². The number of hydrogen-bond donors (Lipinski definition) is 4. The second kappa shape index (κ2) is 4.35. The van der Waals surface area contributed by atoms with Crippen molar-refractivity contribution < 1.29 is 25.2 Å². The van der Waals surface area contributed by atoms with Crippen molar-refractivity contribution >= 4 is 6.29 Å². The first-order chi connectivity index (χ1) is 4.63. The lowest BCUT2D eigenvalue weighted by Crippen LogP contribution is -2.40. The highest BCUT2D eigenvalue weighted by Crippen LogP contribution is 1.96. The van der Waals surface area contributed by atoms with Gasteiger partial charge in [0.1, 0.15) is 18.3 Å². The van der Waals surface area contributed by atoms with Crippen molar-refractivity contribution in [3.63, 3.8) is 0 Å². The smallest absolute Gasteiger partial charge is 0.151 e. The third-order valence-corrected chi connectivity index (χ3v) is 1.07. The number of aliphatic hydroxyl groups is 4. The van der Waals surface area contributed by atoms with Crippen LogP contribution >= 0.6 is 0 Å². The molecule has 0 saturated heterocycles. The number of aliphatic hydroxyl groups excluding tert-OH is 4. The molecule has 0 amide bonds. The van der Waals surface area contributed by atoms with Crippen LogP contribution in [0.4, 0.5) is 0 Å². The minimum absolute atomic E-state index is 0.0869. The van der Waals surface area contributed by atoms with E-state index < -0.39 is 24.9 Å². The Kier molecular flexibility index (Phi) is 4.13. The molecule has 0 fully saturated rings. The molecule has 5 heteroatoms. The Morgan fingerprint density at radius 3 is 2.10 bits per heavy atom. The molecule has 4 N–H and O–H groups in total. The van der Waals surface area contributed by atoms with Crippen molar-refractivity contribution in [3.8, 4) is 0 Å². The zero-order chi connectivity index (χ0) is 8.15. The van der Waals surface area contributed by atoms with Gasteiger partial charge in [-0.15, -0.1) is 0 Å². The maximum atomic E-state index is 9.76. The normalized spacial score (nSPS) is 19.6. The topological polar surface area (TPSA) is 98.0 Å². The third-order valence-electron chi connectivity index (χ3n) is 1.07. The van der Waals surface area contributed by atoms with E-state index in [1.54, 1.807) is 0 Å². The van der Waals surface area contributed by atoms with Crippen LogP contribution in [0.15, 0.2) is 0 Å². The SMILES string of the molecule is O=[14CH][C@H](O)[C@H](O)[C@H](O)CO. The van der Waals surface area contributed by atoms with Gasteiger partial charge in [0.25, 0.3) is 0 Å². The van der Waals surface area contributed by atoms with E-state index in [0.29, 0.717) is 0 Å². The maximum absolute atomic E-state index is 9.76. The van der Waals surface area contributed by atoms with E-state index in [9.17, 15) is 4.79 Å². The van der Waals surface area contributed by atoms with E-state index in [1.807, 2.05) is 0 Å². The third kappa shape index (κ3) is 2.40. The van der Waals surface area contributed by atoms with Crippen LogP contribution in [0.2, 0.25) is 0 Å². The lowest BCUT2D eigenvalue weighted by atomic mass is 10.2. The number of rotatable bonds is 4. The summed E-state index contributed by atoms with van der Waals surface area (Å²) in [5, 5.41) is 34.1. The molecule has 0 aromatic heterocycles. The van der Waals surface area contributed by atoms with Gasteiger partial charge in [0.05, 0.1) is 6.61 Å². The number of hydrogen-bond acceptors (Lipinski definition) is 5. The first-order valence-electron chi connectivity index (χ1n) is 2.73. The highest BCUT2D eigenvalue weighted by Gasteiger charge is 2.22. The van der Waals surface area contributed by atoms with Gasteiger partial charge in [0.15, 0.2) is 6.29 Å². The average molecular weight is 152 g/mol. The van der Waals surface area contributed by atoms with Crippen LogP contribution in [0.1, 0.15) is 0 Å². The fraction of sp³-hybridized carbons (Fsp3) is 0.800. The summed E-state index contributed by atoms with van der Waals surface area (Å²) in [5.74, 6) is 0. The summed E-state index contributed by atoms with van der Waals surface area (Å²) < 4.78 is 0. The van der Waals surface area contributed by atoms with Crippen molar-refractivity contribution in [1.82, 2.24) is 0 Å². The van der Waals surface area contributed by atoms with Crippen LogP contribution in [0.25, 0.3) is 0 Å². The van der Waals surface area contributed by atoms with Gasteiger partial charge in [0, 0.05) is 0 Å². The summed E-state index contributed by atoms with van der Waals surface area (Å²) in [6.07, 6.45) is -4.63. The molecule has 0 aliphatic heterocycles. The lowest BCUT2D eigenvalue weighted by molar-refractivity contribution is -0.127. The molecular formula is C5H10O5. The Labute approximate surface area is 57.5 Å². The Morgan fingerprint density at radius 1 is 1.30 bits per heavy atom. The second-order valence-electron chi connectivity index (χ2n) is 1.87. The second-order valence-corrected chi connectivity index (χ2v) is 1.87. The van der Waals surface area contributed by atoms with Crippen molar-refractivity contribution in [2.24, 2.45) is 0 Å².